The second-order valence-electron chi connectivity index (χ2n) is 7.44. The second kappa shape index (κ2) is 7.94. The minimum absolute atomic E-state index is 0.0298. The van der Waals surface area contributed by atoms with E-state index in [4.69, 9.17) is 5.73 Å². The first kappa shape index (κ1) is 20.1. The number of nitrogens with zero attached hydrogens (tertiary/aromatic N) is 2. The van der Waals surface area contributed by atoms with E-state index in [9.17, 15) is 18.0 Å². The van der Waals surface area contributed by atoms with Gasteiger partial charge in [-0.3, -0.25) is 4.79 Å². The Balaban J connectivity index is 1.61. The van der Waals surface area contributed by atoms with Crippen molar-refractivity contribution in [2.75, 3.05) is 10.6 Å². The summed E-state index contributed by atoms with van der Waals surface area (Å²) in [5.41, 5.74) is 5.31. The molecule has 1 aliphatic carbocycles. The standard InChI is InChI=1S/C20H21F3N6O/c21-20(22,23)16-10-26-19(29-17(16)27-13-3-1-12(24)2-4-13)28-14-5-6-15-11(9-14)7-8-25-18(15)30/h5-10,12-13H,1-4,24H2,(H,25,30)(H2,26,27,28,29). The van der Waals surface area contributed by atoms with Gasteiger partial charge >= 0.3 is 6.18 Å². The lowest BCUT2D eigenvalue weighted by atomic mass is 9.92. The van der Waals surface area contributed by atoms with Gasteiger partial charge in [0.25, 0.3) is 5.56 Å². The fourth-order valence-electron chi connectivity index (χ4n) is 3.62. The summed E-state index contributed by atoms with van der Waals surface area (Å²) in [6, 6.07) is 6.69. The van der Waals surface area contributed by atoms with Crippen molar-refractivity contribution in [2.24, 2.45) is 5.73 Å². The van der Waals surface area contributed by atoms with E-state index in [0.717, 1.165) is 19.0 Å². The molecule has 0 amide bonds. The minimum atomic E-state index is -4.57. The van der Waals surface area contributed by atoms with E-state index in [0.29, 0.717) is 29.3 Å². The summed E-state index contributed by atoms with van der Waals surface area (Å²) in [6.07, 6.45) is 0.612. The number of alkyl halides is 3. The number of fused-ring (bicyclic) bond motifs is 1. The molecule has 1 saturated carbocycles. The van der Waals surface area contributed by atoms with Crippen LogP contribution in [0, 0.1) is 0 Å². The maximum atomic E-state index is 13.4. The molecule has 0 aliphatic heterocycles. The van der Waals surface area contributed by atoms with E-state index < -0.39 is 11.7 Å². The van der Waals surface area contributed by atoms with Gasteiger partial charge in [0.1, 0.15) is 11.4 Å². The van der Waals surface area contributed by atoms with Crippen LogP contribution in [-0.4, -0.2) is 27.0 Å². The van der Waals surface area contributed by atoms with Gasteiger partial charge in [-0.15, -0.1) is 0 Å². The largest absolute Gasteiger partial charge is 0.421 e. The maximum absolute atomic E-state index is 13.4. The van der Waals surface area contributed by atoms with Crippen LogP contribution in [0.1, 0.15) is 31.2 Å². The van der Waals surface area contributed by atoms with E-state index in [1.54, 1.807) is 24.3 Å². The van der Waals surface area contributed by atoms with E-state index in [-0.39, 0.29) is 29.4 Å². The van der Waals surface area contributed by atoms with Crippen LogP contribution in [0.3, 0.4) is 0 Å². The zero-order valence-electron chi connectivity index (χ0n) is 16.0. The monoisotopic (exact) mass is 418 g/mol. The first-order chi connectivity index (χ1) is 14.3. The van der Waals surface area contributed by atoms with Gasteiger partial charge in [0, 0.05) is 35.6 Å². The Labute approximate surface area is 169 Å². The Bertz CT molecular complexity index is 1110. The number of pyridine rings is 1. The third kappa shape index (κ3) is 4.38. The topological polar surface area (TPSA) is 109 Å². The molecule has 0 radical (unpaired) electrons. The van der Waals surface area contributed by atoms with Crippen LogP contribution in [0.15, 0.2) is 41.5 Å². The Morgan fingerprint density at radius 2 is 1.90 bits per heavy atom. The highest BCUT2D eigenvalue weighted by Gasteiger charge is 2.36. The fraction of sp³-hybridized carbons (Fsp3) is 0.350. The van der Waals surface area contributed by atoms with Crippen molar-refractivity contribution in [1.29, 1.82) is 0 Å². The van der Waals surface area contributed by atoms with E-state index in [1.165, 1.54) is 6.20 Å². The Morgan fingerprint density at radius 3 is 2.63 bits per heavy atom. The normalized spacial score (nSPS) is 19.6. The molecule has 0 saturated heterocycles. The smallest absolute Gasteiger partial charge is 0.367 e. The summed E-state index contributed by atoms with van der Waals surface area (Å²) in [5.74, 6) is -0.222. The fourth-order valence-corrected chi connectivity index (χ4v) is 3.62. The molecule has 0 atom stereocenters. The number of benzene rings is 1. The lowest BCUT2D eigenvalue weighted by Gasteiger charge is -2.28. The number of halogens is 3. The molecule has 30 heavy (non-hydrogen) atoms. The second-order valence-corrected chi connectivity index (χ2v) is 7.44. The van der Waals surface area contributed by atoms with Crippen LogP contribution in [0.2, 0.25) is 0 Å². The minimum Gasteiger partial charge on any atom is -0.367 e. The number of aromatic amines is 1. The number of rotatable bonds is 4. The summed E-state index contributed by atoms with van der Waals surface area (Å²) in [6.45, 7) is 0. The maximum Gasteiger partial charge on any atom is 0.421 e. The van der Waals surface area contributed by atoms with Gasteiger partial charge in [-0.05, 0) is 55.3 Å². The number of H-pyrrole nitrogens is 1. The molecule has 1 aliphatic rings. The third-order valence-electron chi connectivity index (χ3n) is 5.24. The quantitative estimate of drug-likeness (QED) is 0.514. The highest BCUT2D eigenvalue weighted by Crippen LogP contribution is 2.35. The zero-order valence-corrected chi connectivity index (χ0v) is 16.0. The molecule has 1 aromatic carbocycles. The number of aromatic nitrogens is 3. The SMILES string of the molecule is NC1CCC(Nc2nc(Nc3ccc4c(=O)[nH]ccc4c3)ncc2C(F)(F)F)CC1. The molecule has 3 aromatic rings. The summed E-state index contributed by atoms with van der Waals surface area (Å²) in [4.78, 5) is 22.3. The van der Waals surface area contributed by atoms with Crippen LogP contribution < -0.4 is 21.9 Å². The summed E-state index contributed by atoms with van der Waals surface area (Å²) in [7, 11) is 0. The van der Waals surface area contributed by atoms with Gasteiger partial charge in [-0.2, -0.15) is 18.2 Å². The number of nitrogens with two attached hydrogens (primary N) is 1. The molecule has 0 unspecified atom stereocenters. The molecule has 0 spiro atoms. The molecule has 158 valence electrons. The molecule has 5 N–H and O–H groups in total. The molecular weight excluding hydrogens is 397 g/mol. The average Bonchev–Trinajstić information content (AvgIpc) is 2.69. The van der Waals surface area contributed by atoms with Gasteiger partial charge in [-0.1, -0.05) is 0 Å². The Morgan fingerprint density at radius 1 is 1.13 bits per heavy atom. The van der Waals surface area contributed by atoms with E-state index in [2.05, 4.69) is 25.6 Å². The number of nitrogens with one attached hydrogen (secondary N) is 3. The van der Waals surface area contributed by atoms with E-state index >= 15 is 0 Å². The highest BCUT2D eigenvalue weighted by molar-refractivity contribution is 5.85. The van der Waals surface area contributed by atoms with Crippen molar-refractivity contribution < 1.29 is 13.2 Å². The lowest BCUT2D eigenvalue weighted by Crippen LogP contribution is -2.33. The van der Waals surface area contributed by atoms with Crippen molar-refractivity contribution in [3.05, 3.63) is 52.6 Å². The van der Waals surface area contributed by atoms with Crippen LogP contribution in [0.25, 0.3) is 10.8 Å². The predicted molar refractivity (Wildman–Crippen MR) is 109 cm³/mol. The van der Waals surface area contributed by atoms with Crippen LogP contribution in [0.5, 0.6) is 0 Å². The average molecular weight is 418 g/mol. The van der Waals surface area contributed by atoms with Crippen LogP contribution >= 0.6 is 0 Å². The molecule has 4 rings (SSSR count). The Hall–Kier alpha value is -3.14. The predicted octanol–water partition coefficient (Wildman–Crippen LogP) is 3.76. The van der Waals surface area contributed by atoms with Gasteiger partial charge < -0.3 is 21.4 Å². The number of hydrogen-bond donors (Lipinski definition) is 4. The molecular formula is C20H21F3N6O. The van der Waals surface area contributed by atoms with Gasteiger partial charge in [-0.25, -0.2) is 4.98 Å². The van der Waals surface area contributed by atoms with Crippen molar-refractivity contribution in [1.82, 2.24) is 15.0 Å². The number of anilines is 3. The highest BCUT2D eigenvalue weighted by atomic mass is 19.4. The van der Waals surface area contributed by atoms with Crippen molar-refractivity contribution >= 4 is 28.2 Å². The Kier molecular flexibility index (Phi) is 5.33. The molecule has 10 heteroatoms. The van der Waals surface area contributed by atoms with E-state index in [1.807, 2.05) is 0 Å². The van der Waals surface area contributed by atoms with Gasteiger partial charge in [0.15, 0.2) is 0 Å². The van der Waals surface area contributed by atoms with Crippen molar-refractivity contribution in [3.63, 3.8) is 0 Å². The first-order valence-corrected chi connectivity index (χ1v) is 9.64. The number of hydrogen-bond acceptors (Lipinski definition) is 6. The third-order valence-corrected chi connectivity index (χ3v) is 5.24. The molecule has 7 nitrogen and oxygen atoms in total. The van der Waals surface area contributed by atoms with Crippen molar-refractivity contribution in [3.8, 4) is 0 Å². The molecule has 2 aromatic heterocycles. The first-order valence-electron chi connectivity index (χ1n) is 9.64. The van der Waals surface area contributed by atoms with Gasteiger partial charge in [0.2, 0.25) is 5.95 Å². The van der Waals surface area contributed by atoms with Crippen LogP contribution in [0.4, 0.5) is 30.6 Å². The molecule has 1 fully saturated rings. The summed E-state index contributed by atoms with van der Waals surface area (Å²) >= 11 is 0. The van der Waals surface area contributed by atoms with Crippen molar-refractivity contribution in [2.45, 2.75) is 43.9 Å². The molecule has 2 heterocycles. The lowest BCUT2D eigenvalue weighted by molar-refractivity contribution is -0.137. The van der Waals surface area contributed by atoms with Gasteiger partial charge in [0.05, 0.1) is 0 Å². The zero-order chi connectivity index (χ0) is 21.3. The summed E-state index contributed by atoms with van der Waals surface area (Å²) in [5, 5.41) is 7.04. The van der Waals surface area contributed by atoms with Crippen LogP contribution in [-0.2, 0) is 6.18 Å². The molecule has 0 bridgehead atoms. The summed E-state index contributed by atoms with van der Waals surface area (Å²) < 4.78 is 40.3.